The summed E-state index contributed by atoms with van der Waals surface area (Å²) in [6.45, 7) is 8.56. The average molecular weight is 253 g/mol. The molecule has 0 nitrogen and oxygen atoms in total. The van der Waals surface area contributed by atoms with Gasteiger partial charge in [-0.05, 0) is 23.5 Å². The molecule has 1 aromatic rings. The molecule has 0 heterocycles. The zero-order valence-electron chi connectivity index (χ0n) is 8.83. The van der Waals surface area contributed by atoms with E-state index in [1.165, 1.54) is 11.1 Å². The van der Waals surface area contributed by atoms with E-state index < -0.39 is 0 Å². The molecule has 76 valence electrons. The lowest BCUT2D eigenvalue weighted by molar-refractivity contribution is 0.625. The maximum atomic E-state index is 4.12. The summed E-state index contributed by atoms with van der Waals surface area (Å²) >= 11 is 3.68. The van der Waals surface area contributed by atoms with Gasteiger partial charge >= 0.3 is 0 Å². The van der Waals surface area contributed by atoms with Crippen molar-refractivity contribution >= 4 is 21.5 Å². The van der Waals surface area contributed by atoms with Gasteiger partial charge in [-0.1, -0.05) is 66.7 Å². The second-order valence-electron chi connectivity index (χ2n) is 3.93. The molecule has 0 fully saturated rings. The summed E-state index contributed by atoms with van der Waals surface area (Å²) in [5.41, 5.74) is 2.46. The summed E-state index contributed by atoms with van der Waals surface area (Å²) in [6, 6.07) is 10.4. The normalized spacial score (nSPS) is 12.9. The monoisotopic (exact) mass is 252 g/mol. The standard InChI is InChI=1S/C13H17Br/c1-10(2)13(14)9-11(3)12-7-5-4-6-8-12/h4-8,10,13H,3,9H2,1-2H3. The number of rotatable bonds is 4. The van der Waals surface area contributed by atoms with E-state index in [1.54, 1.807) is 0 Å². The van der Waals surface area contributed by atoms with Crippen LogP contribution in [0.5, 0.6) is 0 Å². The number of halogens is 1. The Bertz CT molecular complexity index is 287. The SMILES string of the molecule is C=C(CC(Br)C(C)C)c1ccccc1. The summed E-state index contributed by atoms with van der Waals surface area (Å²) in [5, 5.41) is 0. The van der Waals surface area contributed by atoms with Gasteiger partial charge in [0.1, 0.15) is 0 Å². The molecule has 0 aliphatic heterocycles. The van der Waals surface area contributed by atoms with Crippen molar-refractivity contribution in [3.63, 3.8) is 0 Å². The minimum absolute atomic E-state index is 0.523. The predicted molar refractivity (Wildman–Crippen MR) is 67.6 cm³/mol. The molecule has 1 atom stereocenters. The van der Waals surface area contributed by atoms with Crippen LogP contribution in [0.3, 0.4) is 0 Å². The second-order valence-corrected chi connectivity index (χ2v) is 5.11. The Balaban J connectivity index is 2.60. The van der Waals surface area contributed by atoms with Crippen molar-refractivity contribution in [2.24, 2.45) is 5.92 Å². The zero-order valence-corrected chi connectivity index (χ0v) is 10.4. The third-order valence-electron chi connectivity index (χ3n) is 2.35. The lowest BCUT2D eigenvalue weighted by Gasteiger charge is -2.15. The lowest BCUT2D eigenvalue weighted by atomic mass is 9.98. The molecule has 0 aliphatic rings. The Morgan fingerprint density at radius 3 is 2.36 bits per heavy atom. The van der Waals surface area contributed by atoms with E-state index in [0.29, 0.717) is 10.7 Å². The molecule has 1 rings (SSSR count). The van der Waals surface area contributed by atoms with Crippen molar-refractivity contribution in [1.82, 2.24) is 0 Å². The van der Waals surface area contributed by atoms with E-state index >= 15 is 0 Å². The second kappa shape index (κ2) is 5.35. The van der Waals surface area contributed by atoms with Crippen molar-refractivity contribution in [3.05, 3.63) is 42.5 Å². The molecule has 0 radical (unpaired) electrons. The van der Waals surface area contributed by atoms with E-state index in [1.807, 2.05) is 6.07 Å². The first-order valence-corrected chi connectivity index (χ1v) is 5.90. The summed E-state index contributed by atoms with van der Waals surface area (Å²) in [6.07, 6.45) is 1.02. The van der Waals surface area contributed by atoms with Gasteiger partial charge in [0.05, 0.1) is 0 Å². The van der Waals surface area contributed by atoms with Crippen molar-refractivity contribution in [2.45, 2.75) is 25.1 Å². The van der Waals surface area contributed by atoms with E-state index in [2.05, 4.69) is 60.6 Å². The molecular formula is C13H17Br. The van der Waals surface area contributed by atoms with E-state index in [-0.39, 0.29) is 0 Å². The summed E-state index contributed by atoms with van der Waals surface area (Å²) in [4.78, 5) is 0.523. The topological polar surface area (TPSA) is 0 Å². The van der Waals surface area contributed by atoms with Crippen molar-refractivity contribution in [3.8, 4) is 0 Å². The first-order chi connectivity index (χ1) is 6.61. The van der Waals surface area contributed by atoms with E-state index in [0.717, 1.165) is 6.42 Å². The number of benzene rings is 1. The highest BCUT2D eigenvalue weighted by Crippen LogP contribution is 2.25. The molecule has 0 bridgehead atoms. The Morgan fingerprint density at radius 2 is 1.86 bits per heavy atom. The van der Waals surface area contributed by atoms with Gasteiger partial charge in [0.25, 0.3) is 0 Å². The molecule has 0 N–H and O–H groups in total. The third-order valence-corrected chi connectivity index (χ3v) is 3.73. The van der Waals surface area contributed by atoms with Gasteiger partial charge < -0.3 is 0 Å². The van der Waals surface area contributed by atoms with Crippen molar-refractivity contribution < 1.29 is 0 Å². The van der Waals surface area contributed by atoms with E-state index in [9.17, 15) is 0 Å². The fourth-order valence-corrected chi connectivity index (χ4v) is 1.65. The fraction of sp³-hybridized carbons (Fsp3) is 0.385. The average Bonchev–Trinajstić information content (AvgIpc) is 2.19. The van der Waals surface area contributed by atoms with Gasteiger partial charge in [-0.15, -0.1) is 0 Å². The molecular weight excluding hydrogens is 236 g/mol. The first-order valence-electron chi connectivity index (χ1n) is 4.98. The highest BCUT2D eigenvalue weighted by molar-refractivity contribution is 9.09. The highest BCUT2D eigenvalue weighted by atomic mass is 79.9. The van der Waals surface area contributed by atoms with Crippen LogP contribution in [-0.2, 0) is 0 Å². The number of hydrogen-bond donors (Lipinski definition) is 0. The Labute approximate surface area is 95.2 Å². The molecule has 0 spiro atoms. The highest BCUT2D eigenvalue weighted by Gasteiger charge is 2.11. The number of alkyl halides is 1. The van der Waals surface area contributed by atoms with Crippen LogP contribution in [0.25, 0.3) is 5.57 Å². The van der Waals surface area contributed by atoms with Crippen LogP contribution in [0.15, 0.2) is 36.9 Å². The maximum absolute atomic E-state index is 4.12. The summed E-state index contributed by atoms with van der Waals surface area (Å²) in [5.74, 6) is 0.649. The number of hydrogen-bond acceptors (Lipinski definition) is 0. The predicted octanol–water partition coefficient (Wildman–Crippen LogP) is 4.51. The molecule has 1 heteroatoms. The van der Waals surface area contributed by atoms with E-state index in [4.69, 9.17) is 0 Å². The zero-order chi connectivity index (χ0) is 10.6. The van der Waals surface area contributed by atoms with Gasteiger partial charge in [0.2, 0.25) is 0 Å². The maximum Gasteiger partial charge on any atom is 0.0209 e. The van der Waals surface area contributed by atoms with Crippen LogP contribution >= 0.6 is 15.9 Å². The first kappa shape index (κ1) is 11.5. The molecule has 0 saturated carbocycles. The Morgan fingerprint density at radius 1 is 1.29 bits per heavy atom. The molecule has 0 saturated heterocycles. The van der Waals surface area contributed by atoms with Crippen LogP contribution in [0, 0.1) is 5.92 Å². The molecule has 0 aromatic heterocycles. The Kier molecular flexibility index (Phi) is 4.40. The van der Waals surface area contributed by atoms with Crippen LogP contribution in [0.2, 0.25) is 0 Å². The molecule has 1 unspecified atom stereocenters. The van der Waals surface area contributed by atoms with Gasteiger partial charge in [-0.3, -0.25) is 0 Å². The molecule has 1 aromatic carbocycles. The summed E-state index contributed by atoms with van der Waals surface area (Å²) < 4.78 is 0. The summed E-state index contributed by atoms with van der Waals surface area (Å²) in [7, 11) is 0. The van der Waals surface area contributed by atoms with Crippen molar-refractivity contribution in [2.75, 3.05) is 0 Å². The largest absolute Gasteiger partial charge is 0.0952 e. The smallest absolute Gasteiger partial charge is 0.0209 e. The Hall–Kier alpha value is -0.560. The minimum Gasteiger partial charge on any atom is -0.0952 e. The van der Waals surface area contributed by atoms with Crippen molar-refractivity contribution in [1.29, 1.82) is 0 Å². The van der Waals surface area contributed by atoms with Crippen LogP contribution < -0.4 is 0 Å². The van der Waals surface area contributed by atoms with Crippen LogP contribution in [-0.4, -0.2) is 4.83 Å². The fourth-order valence-electron chi connectivity index (χ4n) is 1.26. The number of allylic oxidation sites excluding steroid dienone is 1. The van der Waals surface area contributed by atoms with Crippen LogP contribution in [0.4, 0.5) is 0 Å². The minimum atomic E-state index is 0.523. The third kappa shape index (κ3) is 3.30. The quantitative estimate of drug-likeness (QED) is 0.692. The van der Waals surface area contributed by atoms with Gasteiger partial charge in [0.15, 0.2) is 0 Å². The molecule has 0 aliphatic carbocycles. The molecule has 14 heavy (non-hydrogen) atoms. The van der Waals surface area contributed by atoms with Gasteiger partial charge in [0, 0.05) is 4.83 Å². The molecule has 0 amide bonds. The lowest BCUT2D eigenvalue weighted by Crippen LogP contribution is -2.07. The van der Waals surface area contributed by atoms with Crippen LogP contribution in [0.1, 0.15) is 25.8 Å². The van der Waals surface area contributed by atoms with Gasteiger partial charge in [-0.25, -0.2) is 0 Å². The van der Waals surface area contributed by atoms with Gasteiger partial charge in [-0.2, -0.15) is 0 Å².